The average Bonchev–Trinajstić information content (AvgIpc) is 3.62. The summed E-state index contributed by atoms with van der Waals surface area (Å²) >= 11 is 0. The Hall–Kier alpha value is -5.57. The van der Waals surface area contributed by atoms with Crippen LogP contribution in [-0.4, -0.2) is 19.6 Å². The van der Waals surface area contributed by atoms with Gasteiger partial charge in [-0.2, -0.15) is 0 Å². The van der Waals surface area contributed by atoms with Crippen LogP contribution >= 0.6 is 0 Å². The maximum atomic E-state index is 11.3. The Kier molecular flexibility index (Phi) is 8.29. The smallest absolute Gasteiger partial charge is 0.148 e. The van der Waals surface area contributed by atoms with Gasteiger partial charge in [0.15, 0.2) is 0 Å². The second-order valence-electron chi connectivity index (χ2n) is 15.9. The maximum Gasteiger partial charge on any atom is 0.148 e. The van der Waals surface area contributed by atoms with Gasteiger partial charge in [0.2, 0.25) is 0 Å². The molecule has 0 saturated heterocycles. The van der Waals surface area contributed by atoms with Crippen LogP contribution in [0.5, 0.6) is 5.75 Å². The second-order valence-corrected chi connectivity index (χ2v) is 15.9. The first kappa shape index (κ1) is 30.6. The van der Waals surface area contributed by atoms with Crippen molar-refractivity contribution < 1.29 is 35.8 Å². The Bertz CT molecular complexity index is 3010. The Labute approximate surface area is 355 Å². The van der Waals surface area contributed by atoms with Gasteiger partial charge in [-0.1, -0.05) is 149 Å². The zero-order chi connectivity index (χ0) is 44.5. The Balaban J connectivity index is 0.00000595. The van der Waals surface area contributed by atoms with Crippen molar-refractivity contribution in [1.82, 2.24) is 14.5 Å². The quantitative estimate of drug-likeness (QED) is 0.169. The number of hydrogen-bond donors (Lipinski definition) is 1. The fourth-order valence-corrected chi connectivity index (χ4v) is 7.02. The molecule has 6 aromatic carbocycles. The summed E-state index contributed by atoms with van der Waals surface area (Å²) in [6, 6.07) is 39.1. The largest absolute Gasteiger partial charge is 0.507 e. The van der Waals surface area contributed by atoms with E-state index >= 15 is 0 Å². The summed E-state index contributed by atoms with van der Waals surface area (Å²) in [4.78, 5) is 10.1. The van der Waals surface area contributed by atoms with Crippen LogP contribution in [0.25, 0.3) is 72.7 Å². The maximum absolute atomic E-state index is 11.3. The molecule has 8 rings (SSSR count). The number of aromatic hydroxyl groups is 1. The molecule has 0 unspecified atom stereocenters. The van der Waals surface area contributed by atoms with Crippen molar-refractivity contribution in [3.05, 3.63) is 168 Å². The summed E-state index contributed by atoms with van der Waals surface area (Å²) in [6.45, 7) is 10.1. The standard InChI is InChI=1S/C51H46N3O.Pt/c1-33-20-22-35(23-21-33)37-26-27-52-44(32-37)39-28-38(29-40(30-39)50(2,3)4)41-17-13-18-46-48(41)53-49(42-16-11-12-19-47(42)55)54(46)45-25-24-36(31-43(45)51(5,6)7)34-14-9-8-10-15-34;/h8-27,29-32,55H,1-7H3;/q-1;/i1D3,20D,21D,22D,23D;. The van der Waals surface area contributed by atoms with Crippen LogP contribution in [0.2, 0.25) is 0 Å². The van der Waals surface area contributed by atoms with Gasteiger partial charge in [-0.3, -0.25) is 9.55 Å². The molecule has 2 aromatic heterocycles. The van der Waals surface area contributed by atoms with Crippen molar-refractivity contribution in [3.63, 3.8) is 0 Å². The molecule has 56 heavy (non-hydrogen) atoms. The summed E-state index contributed by atoms with van der Waals surface area (Å²) in [5.74, 6) is 0.683. The molecule has 0 amide bonds. The van der Waals surface area contributed by atoms with Gasteiger partial charge in [-0.25, -0.2) is 4.98 Å². The number of para-hydroxylation sites is 2. The fraction of sp³-hybridized carbons (Fsp3) is 0.176. The molecule has 4 nitrogen and oxygen atoms in total. The molecular weight excluding hydrogens is 866 g/mol. The number of imidazole rings is 1. The summed E-state index contributed by atoms with van der Waals surface area (Å²) in [5.41, 5.74) is 9.16. The first-order valence-corrected chi connectivity index (χ1v) is 18.4. The molecule has 0 bridgehead atoms. The van der Waals surface area contributed by atoms with Gasteiger partial charge in [0.1, 0.15) is 11.6 Å². The van der Waals surface area contributed by atoms with E-state index in [9.17, 15) is 5.11 Å². The van der Waals surface area contributed by atoms with E-state index in [1.165, 1.54) is 0 Å². The fourth-order valence-electron chi connectivity index (χ4n) is 7.02. The molecule has 0 atom stereocenters. The van der Waals surface area contributed by atoms with Crippen molar-refractivity contribution in [2.45, 2.75) is 59.2 Å². The zero-order valence-corrected chi connectivity index (χ0v) is 34.4. The summed E-state index contributed by atoms with van der Waals surface area (Å²) < 4.78 is 60.3. The monoisotopic (exact) mass is 918 g/mol. The molecule has 0 aliphatic carbocycles. The minimum Gasteiger partial charge on any atom is -0.507 e. The minimum atomic E-state index is -2.82. The third-order valence-electron chi connectivity index (χ3n) is 9.96. The van der Waals surface area contributed by atoms with Crippen molar-refractivity contribution in [2.24, 2.45) is 0 Å². The van der Waals surface area contributed by atoms with Gasteiger partial charge < -0.3 is 5.11 Å². The van der Waals surface area contributed by atoms with Crippen molar-refractivity contribution in [1.29, 1.82) is 0 Å². The van der Waals surface area contributed by atoms with E-state index in [0.29, 0.717) is 33.7 Å². The average molecular weight is 919 g/mol. The van der Waals surface area contributed by atoms with E-state index in [0.717, 1.165) is 44.6 Å². The van der Waals surface area contributed by atoms with Gasteiger partial charge in [0.25, 0.3) is 0 Å². The Morgan fingerprint density at radius 2 is 1.36 bits per heavy atom. The molecule has 0 saturated carbocycles. The predicted molar refractivity (Wildman–Crippen MR) is 229 cm³/mol. The van der Waals surface area contributed by atoms with Crippen LogP contribution in [-0.2, 0) is 31.9 Å². The number of phenols is 1. The van der Waals surface area contributed by atoms with E-state index < -0.39 is 36.6 Å². The number of nitrogens with zero attached hydrogens (tertiary/aromatic N) is 3. The molecule has 0 aliphatic heterocycles. The third-order valence-corrected chi connectivity index (χ3v) is 9.96. The number of aromatic nitrogens is 3. The number of benzene rings is 6. The third kappa shape index (κ3) is 7.51. The normalized spacial score (nSPS) is 13.8. The SMILES string of the molecule is [2H]c1c([2H])c(C([2H])([2H])[2H])c([2H])c([2H])c1-c1ccnc(-c2[c-]c(-c3cccc4c3nc(-c3ccccc3O)n4-c3ccc(-c4ccccc4)cc3C(C)(C)C)cc(C(C)(C)C)c2)c1.[Pt]. The van der Waals surface area contributed by atoms with E-state index in [4.69, 9.17) is 19.6 Å². The number of pyridine rings is 1. The first-order chi connectivity index (χ1) is 29.2. The van der Waals surface area contributed by atoms with Gasteiger partial charge in [-0.15, -0.1) is 29.3 Å². The molecule has 1 N–H and O–H groups in total. The van der Waals surface area contributed by atoms with Gasteiger partial charge in [-0.05, 0) is 81.9 Å². The second kappa shape index (κ2) is 15.2. The van der Waals surface area contributed by atoms with E-state index in [1.54, 1.807) is 30.5 Å². The molecule has 8 aromatic rings. The van der Waals surface area contributed by atoms with E-state index in [1.807, 2.05) is 54.6 Å². The number of phenolic OH excluding ortho intramolecular Hbond substituents is 1. The molecule has 282 valence electrons. The molecule has 5 heteroatoms. The minimum absolute atomic E-state index is 0. The van der Waals surface area contributed by atoms with Crippen LogP contribution in [0, 0.1) is 12.9 Å². The number of rotatable bonds is 6. The Morgan fingerprint density at radius 3 is 2.07 bits per heavy atom. The molecular formula is C51H46N3OPt-. The van der Waals surface area contributed by atoms with Crippen LogP contribution in [0.4, 0.5) is 0 Å². The van der Waals surface area contributed by atoms with E-state index in [2.05, 4.69) is 88.6 Å². The van der Waals surface area contributed by atoms with Crippen molar-refractivity contribution in [2.75, 3.05) is 0 Å². The molecule has 0 fully saturated rings. The van der Waals surface area contributed by atoms with Gasteiger partial charge >= 0.3 is 0 Å². The summed E-state index contributed by atoms with van der Waals surface area (Å²) in [6.07, 6.45) is 1.54. The van der Waals surface area contributed by atoms with Crippen LogP contribution in [0.3, 0.4) is 0 Å². The molecule has 0 aliphatic rings. The van der Waals surface area contributed by atoms with Crippen molar-refractivity contribution in [3.8, 4) is 67.5 Å². The van der Waals surface area contributed by atoms with Gasteiger partial charge in [0.05, 0.1) is 27.8 Å². The van der Waals surface area contributed by atoms with Gasteiger partial charge in [0, 0.05) is 37.1 Å². The predicted octanol–water partition coefficient (Wildman–Crippen LogP) is 13.2. The van der Waals surface area contributed by atoms with Crippen molar-refractivity contribution >= 4 is 11.0 Å². The number of hydrogen-bond acceptors (Lipinski definition) is 3. The van der Waals surface area contributed by atoms with Crippen LogP contribution in [0.15, 0.2) is 146 Å². The Morgan fingerprint density at radius 1 is 0.661 bits per heavy atom. The summed E-state index contributed by atoms with van der Waals surface area (Å²) in [7, 11) is 0. The van der Waals surface area contributed by atoms with E-state index in [-0.39, 0.29) is 43.2 Å². The zero-order valence-electron chi connectivity index (χ0n) is 39.2. The summed E-state index contributed by atoms with van der Waals surface area (Å²) in [5, 5.41) is 11.3. The topological polar surface area (TPSA) is 50.9 Å². The first-order valence-electron chi connectivity index (χ1n) is 21.9. The molecule has 0 spiro atoms. The van der Waals surface area contributed by atoms with Crippen LogP contribution < -0.4 is 0 Å². The molecule has 0 radical (unpaired) electrons. The van der Waals surface area contributed by atoms with Crippen LogP contribution in [0.1, 0.15) is 67.8 Å². The number of fused-ring (bicyclic) bond motifs is 1. The molecule has 2 heterocycles.